The van der Waals surface area contributed by atoms with Crippen LogP contribution < -0.4 is 0 Å². The number of benzene rings is 1. The molecule has 8 nitrogen and oxygen atoms in total. The van der Waals surface area contributed by atoms with Gasteiger partial charge in [-0.3, -0.25) is 10.1 Å². The molecule has 0 saturated carbocycles. The quantitative estimate of drug-likeness (QED) is 0.195. The fraction of sp³-hybridized carbons (Fsp3) is 0.250. The lowest BCUT2D eigenvalue weighted by Gasteiger charge is -2.04. The molecule has 9 heteroatoms. The van der Waals surface area contributed by atoms with Crippen LogP contribution in [0, 0.1) is 10.1 Å². The van der Waals surface area contributed by atoms with Gasteiger partial charge in [-0.25, -0.2) is 4.79 Å². The molecule has 1 rings (SSSR count). The molecule has 0 aromatic heterocycles. The number of nitro groups is 1. The van der Waals surface area contributed by atoms with E-state index in [1.54, 1.807) is 0 Å². The minimum Gasteiger partial charge on any atom is -0.458 e. The van der Waals surface area contributed by atoms with Crippen LogP contribution in [0.25, 0.3) is 0 Å². The van der Waals surface area contributed by atoms with Gasteiger partial charge in [0.1, 0.15) is 12.4 Å². The first-order chi connectivity index (χ1) is 9.67. The maximum absolute atomic E-state index is 11.4. The molecule has 0 aliphatic heterocycles. The van der Waals surface area contributed by atoms with E-state index in [-0.39, 0.29) is 18.1 Å². The fourth-order valence-corrected chi connectivity index (χ4v) is 1.86. The number of hydrogen-bond donors (Lipinski definition) is 0. The molecule has 0 bridgehead atoms. The predicted octanol–water partition coefficient (Wildman–Crippen LogP) is 1.52. The minimum absolute atomic E-state index is 0.0673. The molecule has 0 amide bonds. The SMILES string of the molecule is CC(=CC(=O)OCc1ccc([N+](=O)[O-])cc1)OS(C)(=O)=O. The number of carbonyl (C=O) groups excluding carboxylic acids is 1. The van der Waals surface area contributed by atoms with Crippen molar-refractivity contribution < 1.29 is 27.1 Å². The Balaban J connectivity index is 2.57. The van der Waals surface area contributed by atoms with E-state index in [2.05, 4.69) is 4.18 Å². The highest BCUT2D eigenvalue weighted by Gasteiger charge is 2.08. The molecule has 0 aliphatic carbocycles. The average molecular weight is 315 g/mol. The van der Waals surface area contributed by atoms with Crippen LogP contribution in [0.5, 0.6) is 0 Å². The molecule has 1 aromatic rings. The molecule has 114 valence electrons. The van der Waals surface area contributed by atoms with Crippen molar-refractivity contribution in [1.29, 1.82) is 0 Å². The predicted molar refractivity (Wildman–Crippen MR) is 72.6 cm³/mol. The van der Waals surface area contributed by atoms with Crippen LogP contribution in [0.4, 0.5) is 5.69 Å². The first-order valence-corrected chi connectivity index (χ1v) is 7.47. The molecule has 0 atom stereocenters. The van der Waals surface area contributed by atoms with E-state index < -0.39 is 21.0 Å². The zero-order chi connectivity index (χ0) is 16.0. The molecule has 0 spiro atoms. The Bertz CT molecular complexity index is 661. The number of rotatable bonds is 6. The second-order valence-corrected chi connectivity index (χ2v) is 5.65. The van der Waals surface area contributed by atoms with E-state index in [4.69, 9.17) is 4.74 Å². The summed E-state index contributed by atoms with van der Waals surface area (Å²) in [5.41, 5.74) is 0.492. The topological polar surface area (TPSA) is 113 Å². The van der Waals surface area contributed by atoms with Crippen molar-refractivity contribution in [2.45, 2.75) is 13.5 Å². The third-order valence-electron chi connectivity index (χ3n) is 2.13. The molecule has 0 heterocycles. The summed E-state index contributed by atoms with van der Waals surface area (Å²) < 4.78 is 31.0. The first-order valence-electron chi connectivity index (χ1n) is 5.65. The van der Waals surface area contributed by atoms with E-state index in [1.807, 2.05) is 0 Å². The first kappa shape index (κ1) is 16.6. The maximum atomic E-state index is 11.4. The smallest absolute Gasteiger partial charge is 0.334 e. The van der Waals surface area contributed by atoms with Gasteiger partial charge in [0.05, 0.1) is 17.3 Å². The molecule has 0 N–H and O–H groups in total. The largest absolute Gasteiger partial charge is 0.458 e. The van der Waals surface area contributed by atoms with Crippen molar-refractivity contribution in [3.63, 3.8) is 0 Å². The average Bonchev–Trinajstić information content (AvgIpc) is 2.34. The Hall–Kier alpha value is -2.42. The second kappa shape index (κ2) is 6.84. The van der Waals surface area contributed by atoms with Crippen molar-refractivity contribution >= 4 is 21.8 Å². The fourth-order valence-electron chi connectivity index (χ4n) is 1.34. The molecule has 0 saturated heterocycles. The van der Waals surface area contributed by atoms with Gasteiger partial charge in [-0.05, 0) is 24.6 Å². The lowest BCUT2D eigenvalue weighted by molar-refractivity contribution is -0.384. The Labute approximate surface area is 121 Å². The Morgan fingerprint density at radius 2 is 1.90 bits per heavy atom. The molecule has 0 radical (unpaired) electrons. The highest BCUT2D eigenvalue weighted by molar-refractivity contribution is 7.86. The normalized spacial score (nSPS) is 11.8. The maximum Gasteiger partial charge on any atom is 0.334 e. The van der Waals surface area contributed by atoms with Crippen molar-refractivity contribution in [2.75, 3.05) is 6.26 Å². The summed E-state index contributed by atoms with van der Waals surface area (Å²) in [6, 6.07) is 5.48. The summed E-state index contributed by atoms with van der Waals surface area (Å²) >= 11 is 0. The van der Waals surface area contributed by atoms with Gasteiger partial charge >= 0.3 is 16.1 Å². The molecular formula is C12H13NO7S. The molecule has 1 aromatic carbocycles. The number of hydrogen-bond acceptors (Lipinski definition) is 7. The molecule has 0 unspecified atom stereocenters. The minimum atomic E-state index is -3.69. The summed E-state index contributed by atoms with van der Waals surface area (Å²) in [4.78, 5) is 21.3. The number of nitrogens with zero attached hydrogens (tertiary/aromatic N) is 1. The van der Waals surface area contributed by atoms with Crippen LogP contribution in [-0.2, 0) is 30.4 Å². The number of non-ortho nitro benzene ring substituents is 1. The number of carbonyl (C=O) groups is 1. The van der Waals surface area contributed by atoms with Gasteiger partial charge in [-0.2, -0.15) is 8.42 Å². The van der Waals surface area contributed by atoms with Crippen LogP contribution in [0.1, 0.15) is 12.5 Å². The van der Waals surface area contributed by atoms with Gasteiger partial charge in [-0.1, -0.05) is 0 Å². The molecule has 0 aliphatic rings. The van der Waals surface area contributed by atoms with E-state index in [1.165, 1.54) is 31.2 Å². The Morgan fingerprint density at radius 3 is 2.38 bits per heavy atom. The highest BCUT2D eigenvalue weighted by Crippen LogP contribution is 2.12. The van der Waals surface area contributed by atoms with Crippen LogP contribution in [0.2, 0.25) is 0 Å². The zero-order valence-corrected chi connectivity index (χ0v) is 12.1. The monoisotopic (exact) mass is 315 g/mol. The zero-order valence-electron chi connectivity index (χ0n) is 11.3. The van der Waals surface area contributed by atoms with Crippen molar-refractivity contribution in [3.05, 3.63) is 51.8 Å². The number of nitro benzene ring substituents is 1. The van der Waals surface area contributed by atoms with Gasteiger partial charge < -0.3 is 8.92 Å². The standard InChI is InChI=1S/C12H13NO7S/c1-9(20-21(2,17)18)7-12(14)19-8-10-3-5-11(6-4-10)13(15)16/h3-7H,8H2,1-2H3. The second-order valence-electron chi connectivity index (χ2n) is 4.07. The third kappa shape index (κ3) is 6.52. The summed E-state index contributed by atoms with van der Waals surface area (Å²) in [6.45, 7) is 1.20. The molecule has 21 heavy (non-hydrogen) atoms. The van der Waals surface area contributed by atoms with Crippen molar-refractivity contribution in [2.24, 2.45) is 0 Å². The van der Waals surface area contributed by atoms with E-state index in [0.29, 0.717) is 5.56 Å². The van der Waals surface area contributed by atoms with Crippen molar-refractivity contribution in [3.8, 4) is 0 Å². The van der Waals surface area contributed by atoms with Crippen LogP contribution in [0.15, 0.2) is 36.1 Å². The van der Waals surface area contributed by atoms with Crippen molar-refractivity contribution in [1.82, 2.24) is 0 Å². The van der Waals surface area contributed by atoms with Crippen LogP contribution in [-0.4, -0.2) is 25.6 Å². The number of esters is 1. The summed E-state index contributed by atoms with van der Waals surface area (Å²) in [5.74, 6) is -0.902. The van der Waals surface area contributed by atoms with E-state index >= 15 is 0 Å². The van der Waals surface area contributed by atoms with Gasteiger partial charge in [0.15, 0.2) is 0 Å². The third-order valence-corrected chi connectivity index (χ3v) is 2.70. The number of allylic oxidation sites excluding steroid dienone is 1. The molecular weight excluding hydrogens is 302 g/mol. The highest BCUT2D eigenvalue weighted by atomic mass is 32.2. The lowest BCUT2D eigenvalue weighted by Crippen LogP contribution is -2.05. The van der Waals surface area contributed by atoms with Crippen LogP contribution >= 0.6 is 0 Å². The Morgan fingerprint density at radius 1 is 1.33 bits per heavy atom. The summed E-state index contributed by atoms with van der Waals surface area (Å²) in [6.07, 6.45) is 1.75. The number of ether oxygens (including phenoxy) is 1. The van der Waals surface area contributed by atoms with Gasteiger partial charge in [0.2, 0.25) is 0 Å². The van der Waals surface area contributed by atoms with Gasteiger partial charge in [-0.15, -0.1) is 0 Å². The van der Waals surface area contributed by atoms with E-state index in [0.717, 1.165) is 12.3 Å². The Kier molecular flexibility index (Phi) is 5.42. The molecule has 0 fully saturated rings. The van der Waals surface area contributed by atoms with Gasteiger partial charge in [0.25, 0.3) is 5.69 Å². The lowest BCUT2D eigenvalue weighted by atomic mass is 10.2. The van der Waals surface area contributed by atoms with Gasteiger partial charge in [0, 0.05) is 12.1 Å². The summed E-state index contributed by atoms with van der Waals surface area (Å²) in [5, 5.41) is 10.5. The van der Waals surface area contributed by atoms with Crippen LogP contribution in [0.3, 0.4) is 0 Å². The summed E-state index contributed by atoms with van der Waals surface area (Å²) in [7, 11) is -3.69. The van der Waals surface area contributed by atoms with E-state index in [9.17, 15) is 23.3 Å².